The standard InChI is InChI=1S/C11H19N3O3S2/c1-3-5-6-14-11-9(19(16,17)4-2)7(12)8(18-11)10(13)15/h14H,3-6,12H2,1-2H3,(H2,13,15). The van der Waals surface area contributed by atoms with E-state index in [1.807, 2.05) is 6.92 Å². The van der Waals surface area contributed by atoms with E-state index in [1.54, 1.807) is 0 Å². The van der Waals surface area contributed by atoms with Gasteiger partial charge in [-0.3, -0.25) is 4.79 Å². The van der Waals surface area contributed by atoms with Crippen LogP contribution in [0.4, 0.5) is 10.7 Å². The summed E-state index contributed by atoms with van der Waals surface area (Å²) in [5, 5.41) is 3.43. The van der Waals surface area contributed by atoms with E-state index in [4.69, 9.17) is 11.5 Å². The van der Waals surface area contributed by atoms with E-state index in [1.165, 1.54) is 6.92 Å². The zero-order valence-corrected chi connectivity index (χ0v) is 12.7. The van der Waals surface area contributed by atoms with Crippen molar-refractivity contribution in [2.75, 3.05) is 23.3 Å². The molecule has 0 aliphatic heterocycles. The van der Waals surface area contributed by atoms with Gasteiger partial charge in [0.15, 0.2) is 9.84 Å². The number of primary amides is 1. The highest BCUT2D eigenvalue weighted by Gasteiger charge is 2.27. The number of nitrogen functional groups attached to an aromatic ring is 1. The Morgan fingerprint density at radius 2 is 2.00 bits per heavy atom. The van der Waals surface area contributed by atoms with Crippen molar-refractivity contribution in [1.29, 1.82) is 0 Å². The molecule has 0 unspecified atom stereocenters. The van der Waals surface area contributed by atoms with E-state index in [9.17, 15) is 13.2 Å². The van der Waals surface area contributed by atoms with Crippen molar-refractivity contribution in [1.82, 2.24) is 0 Å². The third-order valence-electron chi connectivity index (χ3n) is 2.63. The Bertz CT molecular complexity index is 564. The van der Waals surface area contributed by atoms with Crippen LogP contribution < -0.4 is 16.8 Å². The van der Waals surface area contributed by atoms with E-state index in [2.05, 4.69) is 5.32 Å². The molecule has 0 spiro atoms. The van der Waals surface area contributed by atoms with Crippen molar-refractivity contribution in [3.63, 3.8) is 0 Å². The maximum absolute atomic E-state index is 12.0. The minimum Gasteiger partial charge on any atom is -0.396 e. The molecule has 108 valence electrons. The third kappa shape index (κ3) is 3.38. The fraction of sp³-hybridized carbons (Fsp3) is 0.545. The Hall–Kier alpha value is -1.28. The van der Waals surface area contributed by atoms with Gasteiger partial charge in [-0.15, -0.1) is 11.3 Å². The highest BCUT2D eigenvalue weighted by molar-refractivity contribution is 7.91. The maximum Gasteiger partial charge on any atom is 0.261 e. The van der Waals surface area contributed by atoms with Gasteiger partial charge in [-0.2, -0.15) is 0 Å². The molecule has 0 aromatic carbocycles. The monoisotopic (exact) mass is 305 g/mol. The number of amides is 1. The largest absolute Gasteiger partial charge is 0.396 e. The van der Waals surface area contributed by atoms with Crippen LogP contribution in [0.5, 0.6) is 0 Å². The number of hydrogen-bond acceptors (Lipinski definition) is 6. The topological polar surface area (TPSA) is 115 Å². The number of nitrogens with one attached hydrogen (secondary N) is 1. The van der Waals surface area contributed by atoms with Crippen LogP contribution in [0, 0.1) is 0 Å². The van der Waals surface area contributed by atoms with E-state index >= 15 is 0 Å². The first kappa shape index (κ1) is 15.8. The van der Waals surface area contributed by atoms with E-state index in [0.29, 0.717) is 11.5 Å². The Kier molecular flexibility index (Phi) is 5.19. The zero-order chi connectivity index (χ0) is 14.6. The van der Waals surface area contributed by atoms with Gasteiger partial charge in [0.1, 0.15) is 14.8 Å². The fourth-order valence-corrected chi connectivity index (χ4v) is 4.10. The lowest BCUT2D eigenvalue weighted by Crippen LogP contribution is -2.13. The highest BCUT2D eigenvalue weighted by atomic mass is 32.2. The van der Waals surface area contributed by atoms with Crippen LogP contribution in [-0.2, 0) is 9.84 Å². The summed E-state index contributed by atoms with van der Waals surface area (Å²) in [7, 11) is -3.49. The van der Waals surface area contributed by atoms with Gasteiger partial charge in [0.05, 0.1) is 11.4 Å². The quantitative estimate of drug-likeness (QED) is 0.659. The number of nitrogens with two attached hydrogens (primary N) is 2. The number of carbonyl (C=O) groups is 1. The summed E-state index contributed by atoms with van der Waals surface area (Å²) in [6.07, 6.45) is 1.88. The summed E-state index contributed by atoms with van der Waals surface area (Å²) in [5.41, 5.74) is 10.9. The van der Waals surface area contributed by atoms with Crippen molar-refractivity contribution in [3.8, 4) is 0 Å². The van der Waals surface area contributed by atoms with Crippen LogP contribution in [0.15, 0.2) is 4.90 Å². The molecule has 0 aliphatic rings. The molecule has 5 N–H and O–H groups in total. The number of unbranched alkanes of at least 4 members (excludes halogenated alkanes) is 1. The molecular weight excluding hydrogens is 286 g/mol. The van der Waals surface area contributed by atoms with Crippen LogP contribution in [0.1, 0.15) is 36.4 Å². The molecule has 1 heterocycles. The van der Waals surface area contributed by atoms with Crippen molar-refractivity contribution < 1.29 is 13.2 Å². The summed E-state index contributed by atoms with van der Waals surface area (Å²) in [6, 6.07) is 0. The maximum atomic E-state index is 12.0. The molecule has 0 saturated heterocycles. The number of thiophene rings is 1. The average Bonchev–Trinajstić information content (AvgIpc) is 2.67. The first-order valence-corrected chi connectivity index (χ1v) is 8.50. The molecule has 0 radical (unpaired) electrons. The molecular formula is C11H19N3O3S2. The molecule has 0 fully saturated rings. The predicted molar refractivity (Wildman–Crippen MR) is 78.4 cm³/mol. The SMILES string of the molecule is CCCCNc1sc(C(N)=O)c(N)c1S(=O)(=O)CC. The van der Waals surface area contributed by atoms with Gasteiger partial charge >= 0.3 is 0 Å². The van der Waals surface area contributed by atoms with Crippen LogP contribution >= 0.6 is 11.3 Å². The van der Waals surface area contributed by atoms with Crippen molar-refractivity contribution in [3.05, 3.63) is 4.88 Å². The average molecular weight is 305 g/mol. The summed E-state index contributed by atoms with van der Waals surface area (Å²) in [4.78, 5) is 11.4. The minimum atomic E-state index is -3.49. The van der Waals surface area contributed by atoms with Crippen molar-refractivity contribution >= 4 is 37.8 Å². The second-order valence-corrected chi connectivity index (χ2v) is 7.29. The summed E-state index contributed by atoms with van der Waals surface area (Å²) >= 11 is 0.997. The van der Waals surface area contributed by atoms with Gasteiger partial charge < -0.3 is 16.8 Å². The van der Waals surface area contributed by atoms with Gasteiger partial charge in [-0.05, 0) is 6.42 Å². The summed E-state index contributed by atoms with van der Waals surface area (Å²) < 4.78 is 24.1. The number of anilines is 2. The summed E-state index contributed by atoms with van der Waals surface area (Å²) in [5.74, 6) is -0.784. The van der Waals surface area contributed by atoms with Crippen LogP contribution in [0.2, 0.25) is 0 Å². The van der Waals surface area contributed by atoms with Gasteiger partial charge in [-0.1, -0.05) is 20.3 Å². The van der Waals surface area contributed by atoms with Crippen molar-refractivity contribution in [2.24, 2.45) is 5.73 Å². The predicted octanol–water partition coefficient (Wildman–Crippen LogP) is 1.43. The molecule has 19 heavy (non-hydrogen) atoms. The van der Waals surface area contributed by atoms with E-state index in [0.717, 1.165) is 24.2 Å². The van der Waals surface area contributed by atoms with Crippen LogP contribution in [0.3, 0.4) is 0 Å². The van der Waals surface area contributed by atoms with Gasteiger partial charge in [-0.25, -0.2) is 8.42 Å². The second kappa shape index (κ2) is 6.25. The Morgan fingerprint density at radius 1 is 1.37 bits per heavy atom. The smallest absolute Gasteiger partial charge is 0.261 e. The normalized spacial score (nSPS) is 11.5. The molecule has 0 atom stereocenters. The lowest BCUT2D eigenvalue weighted by molar-refractivity contribution is 0.100. The van der Waals surface area contributed by atoms with Crippen molar-refractivity contribution in [2.45, 2.75) is 31.6 Å². The second-order valence-electron chi connectivity index (χ2n) is 4.05. The number of sulfone groups is 1. The summed E-state index contributed by atoms with van der Waals surface area (Å²) in [6.45, 7) is 4.19. The third-order valence-corrected chi connectivity index (χ3v) is 5.74. The Morgan fingerprint density at radius 3 is 2.47 bits per heavy atom. The lowest BCUT2D eigenvalue weighted by Gasteiger charge is -2.07. The lowest BCUT2D eigenvalue weighted by atomic mass is 10.3. The zero-order valence-electron chi connectivity index (χ0n) is 11.0. The van der Waals surface area contributed by atoms with Crippen LogP contribution in [0.25, 0.3) is 0 Å². The first-order chi connectivity index (χ1) is 8.85. The molecule has 1 aromatic rings. The molecule has 1 amide bonds. The Labute approximate surface area is 117 Å². The number of rotatable bonds is 7. The molecule has 8 heteroatoms. The van der Waals surface area contributed by atoms with Gasteiger partial charge in [0, 0.05) is 6.54 Å². The number of carbonyl (C=O) groups excluding carboxylic acids is 1. The molecule has 0 saturated carbocycles. The molecule has 0 bridgehead atoms. The molecule has 0 aliphatic carbocycles. The number of hydrogen-bond donors (Lipinski definition) is 3. The van der Waals surface area contributed by atoms with Gasteiger partial charge in [0.2, 0.25) is 0 Å². The van der Waals surface area contributed by atoms with E-state index in [-0.39, 0.29) is 21.2 Å². The first-order valence-electron chi connectivity index (χ1n) is 6.03. The fourth-order valence-electron chi connectivity index (χ4n) is 1.56. The Balaban J connectivity index is 3.28. The molecule has 1 aromatic heterocycles. The molecule has 1 rings (SSSR count). The van der Waals surface area contributed by atoms with E-state index < -0.39 is 15.7 Å². The highest BCUT2D eigenvalue weighted by Crippen LogP contribution is 2.39. The minimum absolute atomic E-state index is 0.00454. The van der Waals surface area contributed by atoms with Crippen LogP contribution in [-0.4, -0.2) is 26.6 Å². The molecule has 6 nitrogen and oxygen atoms in total. The van der Waals surface area contributed by atoms with Gasteiger partial charge in [0.25, 0.3) is 5.91 Å².